The highest BCUT2D eigenvalue weighted by molar-refractivity contribution is 5.21. The molecule has 0 aromatic carbocycles. The Kier molecular flexibility index (Phi) is 2.06. The van der Waals surface area contributed by atoms with E-state index in [1.165, 1.54) is 0 Å². The molecular weight excluding hydrogens is 126 g/mol. The van der Waals surface area contributed by atoms with Gasteiger partial charge in [-0.05, 0) is 6.42 Å². The second-order valence-corrected chi connectivity index (χ2v) is 2.10. The summed E-state index contributed by atoms with van der Waals surface area (Å²) in [6.07, 6.45) is 4.38. The number of hydrogen-bond donors (Lipinski definition) is 0. The maximum Gasteiger partial charge on any atom is 0.102 e. The van der Waals surface area contributed by atoms with Crippen LogP contribution in [0.25, 0.3) is 0 Å². The quantitative estimate of drug-likeness (QED) is 0.610. The molecule has 1 rings (SSSR count). The first-order valence-electron chi connectivity index (χ1n) is 3.29. The molecule has 10 heavy (non-hydrogen) atoms. The summed E-state index contributed by atoms with van der Waals surface area (Å²) in [5.74, 6) is 0. The van der Waals surface area contributed by atoms with Gasteiger partial charge in [0.05, 0.1) is 11.8 Å². The lowest BCUT2D eigenvalue weighted by atomic mass is 10.4. The number of nitriles is 1. The van der Waals surface area contributed by atoms with Crippen LogP contribution in [0.3, 0.4) is 0 Å². The molecule has 0 atom stereocenters. The van der Waals surface area contributed by atoms with Gasteiger partial charge in [-0.15, -0.1) is 0 Å². The van der Waals surface area contributed by atoms with Gasteiger partial charge in [0, 0.05) is 12.7 Å². The largest absolute Gasteiger partial charge is 0.271 e. The third-order valence-electron chi connectivity index (χ3n) is 1.22. The zero-order chi connectivity index (χ0) is 7.40. The molecule has 0 unspecified atom stereocenters. The van der Waals surface area contributed by atoms with Gasteiger partial charge in [0.1, 0.15) is 6.07 Å². The van der Waals surface area contributed by atoms with Crippen molar-refractivity contribution < 1.29 is 0 Å². The summed E-state index contributed by atoms with van der Waals surface area (Å²) in [5.41, 5.74) is 0.633. The van der Waals surface area contributed by atoms with Crippen molar-refractivity contribution in [3.05, 3.63) is 18.0 Å². The second-order valence-electron chi connectivity index (χ2n) is 2.10. The van der Waals surface area contributed by atoms with Crippen LogP contribution >= 0.6 is 0 Å². The fraction of sp³-hybridized carbons (Fsp3) is 0.429. The Balaban J connectivity index is 2.71. The maximum absolute atomic E-state index is 8.42. The Labute approximate surface area is 59.9 Å². The fourth-order valence-electron chi connectivity index (χ4n) is 0.773. The molecule has 3 nitrogen and oxygen atoms in total. The molecule has 0 radical (unpaired) electrons. The molecule has 3 heteroatoms. The van der Waals surface area contributed by atoms with Crippen LogP contribution in [0.15, 0.2) is 12.4 Å². The normalized spacial score (nSPS) is 9.20. The third kappa shape index (κ3) is 1.35. The zero-order valence-corrected chi connectivity index (χ0v) is 5.91. The zero-order valence-electron chi connectivity index (χ0n) is 5.91. The van der Waals surface area contributed by atoms with Crippen molar-refractivity contribution in [2.45, 2.75) is 19.9 Å². The Morgan fingerprint density at radius 1 is 1.80 bits per heavy atom. The first-order chi connectivity index (χ1) is 4.86. The number of nitrogens with zero attached hydrogens (tertiary/aromatic N) is 3. The van der Waals surface area contributed by atoms with Crippen molar-refractivity contribution in [3.8, 4) is 6.07 Å². The first-order valence-corrected chi connectivity index (χ1v) is 3.29. The van der Waals surface area contributed by atoms with E-state index in [0.717, 1.165) is 13.0 Å². The number of aromatic nitrogens is 2. The molecular formula is C7H9N3. The molecule has 0 amide bonds. The molecule has 0 saturated carbocycles. The van der Waals surface area contributed by atoms with Gasteiger partial charge in [-0.1, -0.05) is 6.92 Å². The van der Waals surface area contributed by atoms with Crippen molar-refractivity contribution in [1.82, 2.24) is 9.78 Å². The molecule has 0 N–H and O–H groups in total. The van der Waals surface area contributed by atoms with E-state index in [0.29, 0.717) is 5.56 Å². The predicted octanol–water partition coefficient (Wildman–Crippen LogP) is 1.16. The third-order valence-corrected chi connectivity index (χ3v) is 1.22. The van der Waals surface area contributed by atoms with E-state index in [9.17, 15) is 0 Å². The molecule has 0 fully saturated rings. The minimum atomic E-state index is 0.633. The molecule has 0 aliphatic carbocycles. The van der Waals surface area contributed by atoms with Crippen LogP contribution in [0.2, 0.25) is 0 Å². The minimum Gasteiger partial charge on any atom is -0.271 e. The maximum atomic E-state index is 8.42. The van der Waals surface area contributed by atoms with Gasteiger partial charge in [0.25, 0.3) is 0 Å². The van der Waals surface area contributed by atoms with E-state index >= 15 is 0 Å². The lowest BCUT2D eigenvalue weighted by Crippen LogP contribution is -1.95. The number of rotatable bonds is 2. The predicted molar refractivity (Wildman–Crippen MR) is 37.2 cm³/mol. The number of aryl methyl sites for hydroxylation is 1. The van der Waals surface area contributed by atoms with Crippen LogP contribution in [0.4, 0.5) is 0 Å². The van der Waals surface area contributed by atoms with Crippen LogP contribution in [0, 0.1) is 11.3 Å². The highest BCUT2D eigenvalue weighted by atomic mass is 15.3. The summed E-state index contributed by atoms with van der Waals surface area (Å²) < 4.78 is 1.78. The summed E-state index contributed by atoms with van der Waals surface area (Å²) in [6, 6.07) is 2.02. The van der Waals surface area contributed by atoms with Gasteiger partial charge in [0.2, 0.25) is 0 Å². The van der Waals surface area contributed by atoms with E-state index < -0.39 is 0 Å². The summed E-state index contributed by atoms with van der Waals surface area (Å²) in [7, 11) is 0. The fourth-order valence-corrected chi connectivity index (χ4v) is 0.773. The van der Waals surface area contributed by atoms with Gasteiger partial charge in [0.15, 0.2) is 0 Å². The van der Waals surface area contributed by atoms with Gasteiger partial charge in [-0.2, -0.15) is 10.4 Å². The topological polar surface area (TPSA) is 41.6 Å². The second kappa shape index (κ2) is 3.02. The van der Waals surface area contributed by atoms with Crippen LogP contribution < -0.4 is 0 Å². The lowest BCUT2D eigenvalue weighted by molar-refractivity contribution is 0.602. The van der Waals surface area contributed by atoms with Gasteiger partial charge in [-0.3, -0.25) is 4.68 Å². The van der Waals surface area contributed by atoms with Crippen LogP contribution in [-0.2, 0) is 6.54 Å². The molecule has 0 aliphatic rings. The van der Waals surface area contributed by atoms with Crippen LogP contribution in [0.5, 0.6) is 0 Å². The van der Waals surface area contributed by atoms with Gasteiger partial charge in [-0.25, -0.2) is 0 Å². The van der Waals surface area contributed by atoms with E-state index in [1.807, 2.05) is 6.07 Å². The van der Waals surface area contributed by atoms with Crippen LogP contribution in [0.1, 0.15) is 18.9 Å². The summed E-state index contributed by atoms with van der Waals surface area (Å²) >= 11 is 0. The molecule has 0 bridgehead atoms. The van der Waals surface area contributed by atoms with E-state index in [2.05, 4.69) is 12.0 Å². The highest BCUT2D eigenvalue weighted by Crippen LogP contribution is 1.95. The van der Waals surface area contributed by atoms with Crippen molar-refractivity contribution in [2.75, 3.05) is 0 Å². The van der Waals surface area contributed by atoms with Crippen LogP contribution in [-0.4, -0.2) is 9.78 Å². The van der Waals surface area contributed by atoms with Gasteiger partial charge < -0.3 is 0 Å². The average molecular weight is 135 g/mol. The number of hydrogen-bond acceptors (Lipinski definition) is 2. The van der Waals surface area contributed by atoms with E-state index in [4.69, 9.17) is 5.26 Å². The highest BCUT2D eigenvalue weighted by Gasteiger charge is 1.93. The van der Waals surface area contributed by atoms with Crippen molar-refractivity contribution in [3.63, 3.8) is 0 Å². The summed E-state index contributed by atoms with van der Waals surface area (Å²) in [5, 5.41) is 12.4. The Morgan fingerprint density at radius 3 is 3.10 bits per heavy atom. The average Bonchev–Trinajstić information content (AvgIpc) is 2.37. The van der Waals surface area contributed by atoms with Gasteiger partial charge >= 0.3 is 0 Å². The molecule has 0 aliphatic heterocycles. The Hall–Kier alpha value is -1.30. The summed E-state index contributed by atoms with van der Waals surface area (Å²) in [4.78, 5) is 0. The van der Waals surface area contributed by atoms with E-state index in [-0.39, 0.29) is 0 Å². The van der Waals surface area contributed by atoms with Crippen molar-refractivity contribution in [1.29, 1.82) is 5.26 Å². The Bertz CT molecular complexity index is 244. The lowest BCUT2D eigenvalue weighted by Gasteiger charge is -1.93. The minimum absolute atomic E-state index is 0.633. The first kappa shape index (κ1) is 6.81. The van der Waals surface area contributed by atoms with E-state index in [1.54, 1.807) is 17.1 Å². The van der Waals surface area contributed by atoms with Crippen molar-refractivity contribution in [2.24, 2.45) is 0 Å². The molecule has 0 spiro atoms. The standard InChI is InChI=1S/C7H9N3/c1-2-3-10-6-7(4-8)5-9-10/h5-6H,2-3H2,1H3. The molecule has 0 saturated heterocycles. The molecule has 1 aromatic heterocycles. The molecule has 52 valence electrons. The smallest absolute Gasteiger partial charge is 0.102 e. The Morgan fingerprint density at radius 2 is 2.60 bits per heavy atom. The van der Waals surface area contributed by atoms with Crippen molar-refractivity contribution >= 4 is 0 Å². The molecule has 1 aromatic rings. The molecule has 1 heterocycles. The summed E-state index contributed by atoms with van der Waals surface area (Å²) in [6.45, 7) is 2.97. The SMILES string of the molecule is CCCn1cc(C#N)cn1. The monoisotopic (exact) mass is 135 g/mol.